The fourth-order valence-electron chi connectivity index (χ4n) is 1.15. The van der Waals surface area contributed by atoms with Gasteiger partial charge in [0.05, 0.1) is 13.7 Å². The summed E-state index contributed by atoms with van der Waals surface area (Å²) in [5, 5.41) is 11.2. The van der Waals surface area contributed by atoms with E-state index in [1.807, 2.05) is 24.3 Å². The van der Waals surface area contributed by atoms with Crippen LogP contribution in [0.25, 0.3) is 0 Å². The highest BCUT2D eigenvalue weighted by Crippen LogP contribution is 2.10. The molecule has 0 aliphatic rings. The van der Waals surface area contributed by atoms with Crippen LogP contribution in [0, 0.1) is 0 Å². The van der Waals surface area contributed by atoms with Crippen LogP contribution in [-0.4, -0.2) is 24.7 Å². The molecule has 4 heteroatoms. The van der Waals surface area contributed by atoms with E-state index in [9.17, 15) is 4.79 Å². The molecule has 1 aromatic rings. The molecule has 1 amide bonds. The number of amides is 1. The van der Waals surface area contributed by atoms with Gasteiger partial charge in [0.25, 0.3) is 0 Å². The van der Waals surface area contributed by atoms with Crippen LogP contribution in [0.2, 0.25) is 0 Å². The zero-order valence-electron chi connectivity index (χ0n) is 9.14. The number of rotatable bonds is 5. The molecule has 4 nitrogen and oxygen atoms in total. The molecule has 0 heterocycles. The van der Waals surface area contributed by atoms with E-state index in [1.54, 1.807) is 7.11 Å². The summed E-state index contributed by atoms with van der Waals surface area (Å²) < 4.78 is 5.02. The van der Waals surface area contributed by atoms with Gasteiger partial charge >= 0.3 is 0 Å². The van der Waals surface area contributed by atoms with Crippen LogP contribution < -0.4 is 10.1 Å². The number of aliphatic hydroxyl groups excluding tert-OH is 1. The second kappa shape index (κ2) is 6.63. The smallest absolute Gasteiger partial charge is 0.244 e. The van der Waals surface area contributed by atoms with Crippen molar-refractivity contribution in [2.24, 2.45) is 0 Å². The Morgan fingerprint density at radius 3 is 2.69 bits per heavy atom. The normalized spacial score (nSPS) is 10.4. The molecule has 0 saturated carbocycles. The Bertz CT molecular complexity index is 357. The largest absolute Gasteiger partial charge is 0.497 e. The third-order valence-corrected chi connectivity index (χ3v) is 2.00. The third kappa shape index (κ3) is 4.14. The molecule has 0 bridgehead atoms. The number of nitrogens with one attached hydrogen (secondary N) is 1. The number of carbonyl (C=O) groups excluding carboxylic acids is 1. The summed E-state index contributed by atoms with van der Waals surface area (Å²) in [5.74, 6) is 0.570. The van der Waals surface area contributed by atoms with Gasteiger partial charge in [0.1, 0.15) is 5.75 Å². The van der Waals surface area contributed by atoms with E-state index in [0.29, 0.717) is 6.54 Å². The lowest BCUT2D eigenvalue weighted by Crippen LogP contribution is -2.20. The van der Waals surface area contributed by atoms with Crippen LogP contribution in [0.5, 0.6) is 5.75 Å². The predicted molar refractivity (Wildman–Crippen MR) is 61.1 cm³/mol. The van der Waals surface area contributed by atoms with E-state index >= 15 is 0 Å². The Balaban J connectivity index is 2.42. The standard InChI is InChI=1S/C12H15NO3/c1-16-11-6-4-10(5-7-11)9-13-12(15)3-2-8-14/h2-7,14H,8-9H2,1H3,(H,13,15)/b3-2+. The van der Waals surface area contributed by atoms with Gasteiger partial charge in [-0.3, -0.25) is 4.79 Å². The maximum absolute atomic E-state index is 11.2. The van der Waals surface area contributed by atoms with Crippen molar-refractivity contribution < 1.29 is 14.6 Å². The number of hydrogen-bond acceptors (Lipinski definition) is 3. The molecule has 0 spiro atoms. The molecule has 0 fully saturated rings. The second-order valence-corrected chi connectivity index (χ2v) is 3.15. The Hall–Kier alpha value is -1.81. The lowest BCUT2D eigenvalue weighted by Gasteiger charge is -2.04. The molecule has 0 atom stereocenters. The van der Waals surface area contributed by atoms with Crippen LogP contribution in [0.1, 0.15) is 5.56 Å². The summed E-state index contributed by atoms with van der Waals surface area (Å²) in [5.41, 5.74) is 0.992. The van der Waals surface area contributed by atoms with Crippen LogP contribution in [0.4, 0.5) is 0 Å². The van der Waals surface area contributed by atoms with Crippen molar-refractivity contribution in [2.75, 3.05) is 13.7 Å². The number of hydrogen-bond donors (Lipinski definition) is 2. The fourth-order valence-corrected chi connectivity index (χ4v) is 1.15. The van der Waals surface area contributed by atoms with E-state index in [4.69, 9.17) is 9.84 Å². The number of ether oxygens (including phenoxy) is 1. The second-order valence-electron chi connectivity index (χ2n) is 3.15. The molecule has 1 rings (SSSR count). The van der Waals surface area contributed by atoms with E-state index in [0.717, 1.165) is 11.3 Å². The molecule has 0 aliphatic carbocycles. The van der Waals surface area contributed by atoms with E-state index in [-0.39, 0.29) is 12.5 Å². The van der Waals surface area contributed by atoms with Crippen molar-refractivity contribution in [1.82, 2.24) is 5.32 Å². The van der Waals surface area contributed by atoms with E-state index < -0.39 is 0 Å². The average Bonchev–Trinajstić information content (AvgIpc) is 2.34. The van der Waals surface area contributed by atoms with Gasteiger partial charge in [-0.15, -0.1) is 0 Å². The molecular weight excluding hydrogens is 206 g/mol. The van der Waals surface area contributed by atoms with Gasteiger partial charge in [-0.05, 0) is 17.7 Å². The summed E-state index contributed by atoms with van der Waals surface area (Å²) in [6.45, 7) is 0.328. The van der Waals surface area contributed by atoms with Gasteiger partial charge in [-0.1, -0.05) is 18.2 Å². The molecule has 2 N–H and O–H groups in total. The fraction of sp³-hybridized carbons (Fsp3) is 0.250. The maximum atomic E-state index is 11.2. The molecule has 1 aromatic carbocycles. The Labute approximate surface area is 94.6 Å². The first kappa shape index (κ1) is 12.3. The summed E-state index contributed by atoms with van der Waals surface area (Å²) in [7, 11) is 1.61. The monoisotopic (exact) mass is 221 g/mol. The van der Waals surface area contributed by atoms with Crippen LogP contribution in [0.3, 0.4) is 0 Å². The van der Waals surface area contributed by atoms with Gasteiger partial charge in [0.15, 0.2) is 0 Å². The van der Waals surface area contributed by atoms with Gasteiger partial charge < -0.3 is 15.2 Å². The third-order valence-electron chi connectivity index (χ3n) is 2.00. The molecule has 0 radical (unpaired) electrons. The summed E-state index contributed by atoms with van der Waals surface area (Å²) >= 11 is 0. The van der Waals surface area contributed by atoms with E-state index in [1.165, 1.54) is 12.2 Å². The SMILES string of the molecule is COc1ccc(CNC(=O)/C=C/CO)cc1. The van der Waals surface area contributed by atoms with Crippen molar-refractivity contribution in [3.63, 3.8) is 0 Å². The van der Waals surface area contributed by atoms with Gasteiger partial charge in [0.2, 0.25) is 5.91 Å². The predicted octanol–water partition coefficient (Wildman–Crippen LogP) is 0.860. The molecule has 0 aliphatic heterocycles. The van der Waals surface area contributed by atoms with E-state index in [2.05, 4.69) is 5.32 Å². The maximum Gasteiger partial charge on any atom is 0.244 e. The van der Waals surface area contributed by atoms with Gasteiger partial charge in [0, 0.05) is 12.6 Å². The van der Waals surface area contributed by atoms with Crippen LogP contribution in [0.15, 0.2) is 36.4 Å². The first-order valence-electron chi connectivity index (χ1n) is 4.94. The highest BCUT2D eigenvalue weighted by Gasteiger charge is 1.97. The van der Waals surface area contributed by atoms with Gasteiger partial charge in [-0.2, -0.15) is 0 Å². The average molecular weight is 221 g/mol. The lowest BCUT2D eigenvalue weighted by atomic mass is 10.2. The van der Waals surface area contributed by atoms with Crippen LogP contribution >= 0.6 is 0 Å². The topological polar surface area (TPSA) is 58.6 Å². The van der Waals surface area contributed by atoms with Crippen molar-refractivity contribution in [2.45, 2.75) is 6.54 Å². The lowest BCUT2D eigenvalue weighted by molar-refractivity contribution is -0.116. The Morgan fingerprint density at radius 1 is 1.44 bits per heavy atom. The minimum atomic E-state index is -0.218. The van der Waals surface area contributed by atoms with Crippen molar-refractivity contribution in [3.05, 3.63) is 42.0 Å². The highest BCUT2D eigenvalue weighted by molar-refractivity contribution is 5.87. The van der Waals surface area contributed by atoms with Gasteiger partial charge in [-0.25, -0.2) is 0 Å². The number of benzene rings is 1. The number of methoxy groups -OCH3 is 1. The highest BCUT2D eigenvalue weighted by atomic mass is 16.5. The van der Waals surface area contributed by atoms with Crippen LogP contribution in [-0.2, 0) is 11.3 Å². The summed E-state index contributed by atoms with van der Waals surface area (Å²) in [6, 6.07) is 7.44. The minimum absolute atomic E-state index is 0.129. The number of aliphatic hydroxyl groups is 1. The van der Waals surface area contributed by atoms with Crippen molar-refractivity contribution in [1.29, 1.82) is 0 Å². The van der Waals surface area contributed by atoms with Crippen molar-refractivity contribution in [3.8, 4) is 5.75 Å². The Morgan fingerprint density at radius 2 is 2.12 bits per heavy atom. The Kier molecular flexibility index (Phi) is 5.08. The molecule has 86 valence electrons. The number of carbonyl (C=O) groups is 1. The summed E-state index contributed by atoms with van der Waals surface area (Å²) in [6.07, 6.45) is 2.70. The molecule has 0 saturated heterocycles. The first-order chi connectivity index (χ1) is 7.76. The minimum Gasteiger partial charge on any atom is -0.497 e. The molecule has 0 unspecified atom stereocenters. The summed E-state index contributed by atoms with van der Waals surface area (Å²) in [4.78, 5) is 11.2. The quantitative estimate of drug-likeness (QED) is 0.725. The zero-order valence-corrected chi connectivity index (χ0v) is 9.14. The molecular formula is C12H15NO3. The molecule has 0 aromatic heterocycles. The van der Waals surface area contributed by atoms with Crippen molar-refractivity contribution >= 4 is 5.91 Å². The molecule has 16 heavy (non-hydrogen) atoms. The first-order valence-corrected chi connectivity index (χ1v) is 4.94. The zero-order chi connectivity index (χ0) is 11.8.